The molecule has 0 aromatic heterocycles. The van der Waals surface area contributed by atoms with Crippen molar-refractivity contribution in [3.05, 3.63) is 23.8 Å². The molecule has 7 heteroatoms. The monoisotopic (exact) mass is 305 g/mol. The minimum atomic E-state index is -1.71. The molecule has 1 aromatic carbocycles. The second kappa shape index (κ2) is 6.05. The maximum Gasteiger partial charge on any atom is 0.278 e. The number of ether oxygens (including phenoxy) is 1. The predicted octanol–water partition coefficient (Wildman–Crippen LogP) is 0.337. The molecule has 0 saturated carbocycles. The lowest BCUT2D eigenvalue weighted by atomic mass is 10.0. The van der Waals surface area contributed by atoms with Crippen molar-refractivity contribution in [2.24, 2.45) is 0 Å². The Morgan fingerprint density at radius 3 is 2.73 bits per heavy atom. The Morgan fingerprint density at radius 2 is 2.05 bits per heavy atom. The summed E-state index contributed by atoms with van der Waals surface area (Å²) in [6, 6.07) is 5.28. The molecular formula is C15H19N3O4. The number of amides is 3. The number of aryl methyl sites for hydroxylation is 1. The van der Waals surface area contributed by atoms with E-state index in [2.05, 4.69) is 16.0 Å². The van der Waals surface area contributed by atoms with Crippen molar-refractivity contribution in [3.63, 3.8) is 0 Å². The summed E-state index contributed by atoms with van der Waals surface area (Å²) in [6.45, 7) is 5.30. The van der Waals surface area contributed by atoms with Crippen LogP contribution in [0.2, 0.25) is 0 Å². The van der Waals surface area contributed by atoms with Gasteiger partial charge in [-0.05, 0) is 38.5 Å². The van der Waals surface area contributed by atoms with Gasteiger partial charge in [-0.1, -0.05) is 6.07 Å². The number of hydrogen-bond donors (Lipinski definition) is 3. The minimum Gasteiger partial charge on any atom is -0.466 e. The third kappa shape index (κ3) is 3.03. The molecule has 0 spiro atoms. The zero-order chi connectivity index (χ0) is 16.3. The number of anilines is 1. The van der Waals surface area contributed by atoms with Crippen molar-refractivity contribution < 1.29 is 19.1 Å². The van der Waals surface area contributed by atoms with E-state index in [4.69, 9.17) is 4.74 Å². The fourth-order valence-electron chi connectivity index (χ4n) is 2.08. The average Bonchev–Trinajstić information content (AvgIpc) is 2.46. The number of carbonyl (C=O) groups is 3. The molecule has 1 atom stereocenters. The molecule has 22 heavy (non-hydrogen) atoms. The summed E-state index contributed by atoms with van der Waals surface area (Å²) in [4.78, 5) is 35.8. The average molecular weight is 305 g/mol. The maximum atomic E-state index is 12.2. The van der Waals surface area contributed by atoms with E-state index in [1.165, 1.54) is 6.92 Å². The number of fused-ring (bicyclic) bond motifs is 1. The molecule has 3 amide bonds. The normalized spacial score (nSPS) is 19.5. The van der Waals surface area contributed by atoms with Crippen molar-refractivity contribution in [3.8, 4) is 5.75 Å². The molecule has 0 radical (unpaired) electrons. The first kappa shape index (κ1) is 15.8. The molecular weight excluding hydrogens is 286 g/mol. The van der Waals surface area contributed by atoms with Gasteiger partial charge < -0.3 is 20.7 Å². The lowest BCUT2D eigenvalue weighted by molar-refractivity contribution is -0.147. The van der Waals surface area contributed by atoms with Gasteiger partial charge >= 0.3 is 0 Å². The summed E-state index contributed by atoms with van der Waals surface area (Å²) in [5.74, 6) is -1.14. The zero-order valence-electron chi connectivity index (χ0n) is 12.8. The first-order valence-corrected chi connectivity index (χ1v) is 7.03. The largest absolute Gasteiger partial charge is 0.466 e. The van der Waals surface area contributed by atoms with Gasteiger partial charge in [-0.25, -0.2) is 0 Å². The molecule has 0 bridgehead atoms. The van der Waals surface area contributed by atoms with E-state index in [-0.39, 0.29) is 12.5 Å². The van der Waals surface area contributed by atoms with Crippen LogP contribution in [0.5, 0.6) is 5.75 Å². The van der Waals surface area contributed by atoms with Crippen LogP contribution in [-0.2, 0) is 14.4 Å². The molecule has 3 N–H and O–H groups in total. The minimum absolute atomic E-state index is 0.209. The Hall–Kier alpha value is -2.57. The number of carbonyl (C=O) groups excluding carboxylic acids is 3. The highest BCUT2D eigenvalue weighted by Crippen LogP contribution is 2.34. The van der Waals surface area contributed by atoms with E-state index in [1.807, 2.05) is 13.0 Å². The highest BCUT2D eigenvalue weighted by molar-refractivity contribution is 6.15. The Bertz CT molecular complexity index is 629. The Balaban J connectivity index is 2.12. The van der Waals surface area contributed by atoms with E-state index in [9.17, 15) is 14.4 Å². The number of rotatable bonds is 4. The molecule has 118 valence electrons. The fourth-order valence-corrected chi connectivity index (χ4v) is 2.08. The third-order valence-electron chi connectivity index (χ3n) is 3.35. The molecule has 1 unspecified atom stereocenters. The van der Waals surface area contributed by atoms with E-state index >= 15 is 0 Å². The van der Waals surface area contributed by atoms with Crippen molar-refractivity contribution in [1.82, 2.24) is 10.6 Å². The summed E-state index contributed by atoms with van der Waals surface area (Å²) >= 11 is 0. The third-order valence-corrected chi connectivity index (χ3v) is 3.35. The fraction of sp³-hybridized carbons (Fsp3) is 0.400. The quantitative estimate of drug-likeness (QED) is 0.699. The number of hydrogen-bond acceptors (Lipinski definition) is 4. The van der Waals surface area contributed by atoms with E-state index in [0.717, 1.165) is 5.56 Å². The molecule has 1 heterocycles. The second-order valence-electron chi connectivity index (χ2n) is 5.23. The lowest BCUT2D eigenvalue weighted by Gasteiger charge is -2.33. The molecule has 1 aromatic rings. The summed E-state index contributed by atoms with van der Waals surface area (Å²) in [7, 11) is 0. The molecule has 1 aliphatic rings. The van der Waals surface area contributed by atoms with Gasteiger partial charge in [-0.15, -0.1) is 0 Å². The van der Waals surface area contributed by atoms with Crippen LogP contribution in [0.1, 0.15) is 19.4 Å². The van der Waals surface area contributed by atoms with Crippen LogP contribution in [0.4, 0.5) is 5.69 Å². The first-order valence-electron chi connectivity index (χ1n) is 7.03. The number of likely N-dealkylation sites (N-methyl/N-ethyl adjacent to an activating group) is 1. The van der Waals surface area contributed by atoms with Crippen LogP contribution >= 0.6 is 0 Å². The van der Waals surface area contributed by atoms with Crippen LogP contribution in [0.25, 0.3) is 0 Å². The molecule has 0 saturated heterocycles. The van der Waals surface area contributed by atoms with Gasteiger partial charge in [0.2, 0.25) is 5.91 Å². The SMILES string of the molecule is CCNC(=O)CNC(=O)C1(C)Oc2ccc(C)cc2NC1=O. The smallest absolute Gasteiger partial charge is 0.278 e. The summed E-state index contributed by atoms with van der Waals surface area (Å²) in [5, 5.41) is 7.63. The lowest BCUT2D eigenvalue weighted by Crippen LogP contribution is -2.59. The van der Waals surface area contributed by atoms with Gasteiger partial charge in [0.15, 0.2) is 0 Å². The van der Waals surface area contributed by atoms with E-state index < -0.39 is 17.4 Å². The molecule has 0 aliphatic carbocycles. The van der Waals surface area contributed by atoms with Crippen molar-refractivity contribution in [2.75, 3.05) is 18.4 Å². The molecule has 2 rings (SSSR count). The molecule has 7 nitrogen and oxygen atoms in total. The van der Waals surface area contributed by atoms with Crippen LogP contribution in [0, 0.1) is 6.92 Å². The Kier molecular flexibility index (Phi) is 4.35. The van der Waals surface area contributed by atoms with Gasteiger partial charge in [-0.3, -0.25) is 14.4 Å². The van der Waals surface area contributed by atoms with Crippen LogP contribution < -0.4 is 20.7 Å². The molecule has 1 aliphatic heterocycles. The second-order valence-corrected chi connectivity index (χ2v) is 5.23. The number of nitrogens with one attached hydrogen (secondary N) is 3. The van der Waals surface area contributed by atoms with Crippen molar-refractivity contribution >= 4 is 23.4 Å². The van der Waals surface area contributed by atoms with E-state index in [1.54, 1.807) is 19.1 Å². The van der Waals surface area contributed by atoms with Crippen LogP contribution in [0.3, 0.4) is 0 Å². The zero-order valence-corrected chi connectivity index (χ0v) is 12.8. The molecule has 0 fully saturated rings. The number of benzene rings is 1. The summed E-state index contributed by atoms with van der Waals surface area (Å²) < 4.78 is 5.58. The standard InChI is InChI=1S/C15H19N3O4/c1-4-16-12(19)8-17-13(20)15(3)14(21)18-10-7-9(2)5-6-11(10)22-15/h5-7H,4,8H2,1-3H3,(H,16,19)(H,17,20)(H,18,21). The van der Waals surface area contributed by atoms with Gasteiger partial charge in [0.25, 0.3) is 17.4 Å². The van der Waals surface area contributed by atoms with Gasteiger partial charge in [0.05, 0.1) is 12.2 Å². The first-order chi connectivity index (χ1) is 10.4. The maximum absolute atomic E-state index is 12.2. The highest BCUT2D eigenvalue weighted by Gasteiger charge is 2.47. The van der Waals surface area contributed by atoms with Crippen LogP contribution in [0.15, 0.2) is 18.2 Å². The van der Waals surface area contributed by atoms with E-state index in [0.29, 0.717) is 18.0 Å². The van der Waals surface area contributed by atoms with Crippen molar-refractivity contribution in [2.45, 2.75) is 26.4 Å². The Labute approximate surface area is 128 Å². The summed E-state index contributed by atoms with van der Waals surface area (Å²) in [5.41, 5.74) is -0.222. The highest BCUT2D eigenvalue weighted by atomic mass is 16.5. The van der Waals surface area contributed by atoms with Gasteiger partial charge in [0.1, 0.15) is 5.75 Å². The Morgan fingerprint density at radius 1 is 1.32 bits per heavy atom. The summed E-state index contributed by atoms with van der Waals surface area (Å²) in [6.07, 6.45) is 0. The van der Waals surface area contributed by atoms with Gasteiger partial charge in [-0.2, -0.15) is 0 Å². The predicted molar refractivity (Wildman–Crippen MR) is 80.5 cm³/mol. The topological polar surface area (TPSA) is 96.5 Å². The van der Waals surface area contributed by atoms with Crippen molar-refractivity contribution in [1.29, 1.82) is 0 Å². The van der Waals surface area contributed by atoms with Gasteiger partial charge in [0, 0.05) is 6.54 Å². The van der Waals surface area contributed by atoms with Crippen LogP contribution in [-0.4, -0.2) is 36.4 Å².